The van der Waals surface area contributed by atoms with Crippen molar-refractivity contribution in [2.45, 2.75) is 6.36 Å². The average molecular weight is 402 g/mol. The van der Waals surface area contributed by atoms with Gasteiger partial charge in [0.1, 0.15) is 11.5 Å². The molecule has 5 nitrogen and oxygen atoms in total. The van der Waals surface area contributed by atoms with Crippen molar-refractivity contribution in [1.29, 1.82) is 0 Å². The van der Waals surface area contributed by atoms with Crippen molar-refractivity contribution >= 4 is 17.4 Å². The number of carbonyl (C=O) groups excluding carboxylic acids is 1. The summed E-state index contributed by atoms with van der Waals surface area (Å²) in [6.07, 6.45) is -4.77. The maximum absolute atomic E-state index is 12.3. The van der Waals surface area contributed by atoms with Crippen LogP contribution < -0.4 is 20.1 Å². The average Bonchev–Trinajstić information content (AvgIpc) is 2.69. The zero-order valence-electron chi connectivity index (χ0n) is 15.3. The fraction of sp³-hybridized carbons (Fsp3) is 0.0952. The Balaban J connectivity index is 1.69. The van der Waals surface area contributed by atoms with Gasteiger partial charge in [0.15, 0.2) is 0 Å². The molecule has 0 aromatic heterocycles. The van der Waals surface area contributed by atoms with E-state index in [9.17, 15) is 18.0 Å². The Hall–Kier alpha value is -3.68. The van der Waals surface area contributed by atoms with E-state index in [2.05, 4.69) is 15.4 Å². The molecular weight excluding hydrogens is 385 g/mol. The zero-order valence-corrected chi connectivity index (χ0v) is 15.3. The van der Waals surface area contributed by atoms with Gasteiger partial charge in [0.25, 0.3) is 0 Å². The molecule has 8 heteroatoms. The molecule has 0 radical (unpaired) electrons. The predicted octanol–water partition coefficient (Wildman–Crippen LogP) is 5.90. The SMILES string of the molecule is COc1ccc(-c2ccccc2NC(=O)Nc2ccc(OC(F)(F)F)cc2)cc1. The number of hydrogen-bond donors (Lipinski definition) is 2. The first-order chi connectivity index (χ1) is 13.8. The number of alkyl halides is 3. The first kappa shape index (κ1) is 20.1. The highest BCUT2D eigenvalue weighted by molar-refractivity contribution is 6.02. The molecule has 0 saturated carbocycles. The number of hydrogen-bond acceptors (Lipinski definition) is 3. The van der Waals surface area contributed by atoms with Crippen LogP contribution in [0.5, 0.6) is 11.5 Å². The van der Waals surface area contributed by atoms with Gasteiger partial charge in [0.05, 0.1) is 12.8 Å². The minimum atomic E-state index is -4.77. The summed E-state index contributed by atoms with van der Waals surface area (Å²) in [7, 11) is 1.58. The van der Waals surface area contributed by atoms with Gasteiger partial charge in [-0.2, -0.15) is 0 Å². The van der Waals surface area contributed by atoms with E-state index in [4.69, 9.17) is 4.74 Å². The Labute approximate surface area is 165 Å². The fourth-order valence-electron chi connectivity index (χ4n) is 2.64. The van der Waals surface area contributed by atoms with Crippen LogP contribution in [0.1, 0.15) is 0 Å². The van der Waals surface area contributed by atoms with Gasteiger partial charge >= 0.3 is 12.4 Å². The topological polar surface area (TPSA) is 59.6 Å². The second-order valence-electron chi connectivity index (χ2n) is 5.93. The lowest BCUT2D eigenvalue weighted by molar-refractivity contribution is -0.274. The monoisotopic (exact) mass is 402 g/mol. The number of nitrogens with one attached hydrogen (secondary N) is 2. The number of methoxy groups -OCH3 is 1. The molecule has 29 heavy (non-hydrogen) atoms. The first-order valence-electron chi connectivity index (χ1n) is 8.51. The number of urea groups is 1. The molecular formula is C21H17F3N2O3. The molecule has 0 heterocycles. The van der Waals surface area contributed by atoms with Crippen LogP contribution in [0.4, 0.5) is 29.3 Å². The summed E-state index contributed by atoms with van der Waals surface area (Å²) in [5.74, 6) is 0.350. The van der Waals surface area contributed by atoms with Gasteiger partial charge in [0.2, 0.25) is 0 Å². The summed E-state index contributed by atoms with van der Waals surface area (Å²) in [5.41, 5.74) is 2.58. The Bertz CT molecular complexity index is 972. The third-order valence-corrected chi connectivity index (χ3v) is 3.92. The molecule has 3 aromatic carbocycles. The predicted molar refractivity (Wildman–Crippen MR) is 104 cm³/mol. The normalized spacial score (nSPS) is 10.9. The van der Waals surface area contributed by atoms with Gasteiger partial charge in [0, 0.05) is 11.3 Å². The van der Waals surface area contributed by atoms with Crippen molar-refractivity contribution in [2.75, 3.05) is 17.7 Å². The second-order valence-corrected chi connectivity index (χ2v) is 5.93. The number of amides is 2. The Morgan fingerprint density at radius 3 is 2.07 bits per heavy atom. The van der Waals surface area contributed by atoms with Gasteiger partial charge in [-0.3, -0.25) is 0 Å². The molecule has 0 bridgehead atoms. The summed E-state index contributed by atoms with van der Waals surface area (Å²) >= 11 is 0. The van der Waals surface area contributed by atoms with Gasteiger partial charge in [-0.05, 0) is 48.0 Å². The van der Waals surface area contributed by atoms with Crippen molar-refractivity contribution in [3.63, 3.8) is 0 Å². The van der Waals surface area contributed by atoms with E-state index in [-0.39, 0.29) is 5.75 Å². The van der Waals surface area contributed by atoms with E-state index in [0.29, 0.717) is 11.4 Å². The lowest BCUT2D eigenvalue weighted by atomic mass is 10.0. The molecule has 0 fully saturated rings. The van der Waals surface area contributed by atoms with Crippen molar-refractivity contribution in [2.24, 2.45) is 0 Å². The molecule has 3 rings (SSSR count). The van der Waals surface area contributed by atoms with Crippen molar-refractivity contribution < 1.29 is 27.4 Å². The third kappa shape index (κ3) is 5.65. The summed E-state index contributed by atoms with van der Waals surface area (Å²) < 4.78 is 45.6. The maximum atomic E-state index is 12.3. The smallest absolute Gasteiger partial charge is 0.497 e. The minimum Gasteiger partial charge on any atom is -0.497 e. The lowest BCUT2D eigenvalue weighted by Gasteiger charge is -2.13. The highest BCUT2D eigenvalue weighted by Crippen LogP contribution is 2.29. The summed E-state index contributed by atoms with van der Waals surface area (Å²) in [6, 6.07) is 19.0. The van der Waals surface area contributed by atoms with Crippen molar-refractivity contribution in [1.82, 2.24) is 0 Å². The van der Waals surface area contributed by atoms with Gasteiger partial charge in [-0.25, -0.2) is 4.79 Å². The van der Waals surface area contributed by atoms with Crippen LogP contribution in [0.3, 0.4) is 0 Å². The third-order valence-electron chi connectivity index (χ3n) is 3.92. The standard InChI is InChI=1S/C21H17F3N2O3/c1-28-16-10-6-14(7-11-16)18-4-2-3-5-19(18)26-20(27)25-15-8-12-17(13-9-15)29-21(22,23)24/h2-13H,1H3,(H2,25,26,27). The van der Waals surface area contributed by atoms with Crippen LogP contribution in [0.15, 0.2) is 72.8 Å². The number of carbonyl (C=O) groups is 1. The molecule has 150 valence electrons. The number of para-hydroxylation sites is 1. The second kappa shape index (κ2) is 8.55. The van der Waals surface area contributed by atoms with E-state index in [1.807, 2.05) is 36.4 Å². The van der Waals surface area contributed by atoms with Crippen LogP contribution in [-0.4, -0.2) is 19.5 Å². The van der Waals surface area contributed by atoms with Gasteiger partial charge in [-0.1, -0.05) is 30.3 Å². The Morgan fingerprint density at radius 1 is 0.828 bits per heavy atom. The molecule has 0 aliphatic heterocycles. The lowest BCUT2D eigenvalue weighted by Crippen LogP contribution is -2.20. The quantitative estimate of drug-likeness (QED) is 0.558. The molecule has 2 amide bonds. The molecule has 0 spiro atoms. The first-order valence-corrected chi connectivity index (χ1v) is 8.51. The van der Waals surface area contributed by atoms with Crippen molar-refractivity contribution in [3.8, 4) is 22.6 Å². The molecule has 2 N–H and O–H groups in total. The van der Waals surface area contributed by atoms with E-state index < -0.39 is 12.4 Å². The van der Waals surface area contributed by atoms with Crippen LogP contribution in [0.25, 0.3) is 11.1 Å². The van der Waals surface area contributed by atoms with Crippen LogP contribution in [0.2, 0.25) is 0 Å². The molecule has 0 atom stereocenters. The number of anilines is 2. The molecule has 0 aliphatic rings. The van der Waals surface area contributed by atoms with Gasteiger partial charge < -0.3 is 20.1 Å². The van der Waals surface area contributed by atoms with Crippen molar-refractivity contribution in [3.05, 3.63) is 72.8 Å². The number of rotatable bonds is 5. The zero-order chi connectivity index (χ0) is 20.9. The fourth-order valence-corrected chi connectivity index (χ4v) is 2.64. The molecule has 3 aromatic rings. The summed E-state index contributed by atoms with van der Waals surface area (Å²) in [5, 5.41) is 5.32. The van der Waals surface area contributed by atoms with Crippen LogP contribution in [-0.2, 0) is 0 Å². The largest absolute Gasteiger partial charge is 0.573 e. The highest BCUT2D eigenvalue weighted by Gasteiger charge is 2.30. The van der Waals surface area contributed by atoms with E-state index >= 15 is 0 Å². The summed E-state index contributed by atoms with van der Waals surface area (Å²) in [4.78, 5) is 12.3. The number of halogens is 3. The van der Waals surface area contributed by atoms with E-state index in [1.165, 1.54) is 12.1 Å². The molecule has 0 aliphatic carbocycles. The van der Waals surface area contributed by atoms with Crippen LogP contribution in [0, 0.1) is 0 Å². The Kier molecular flexibility index (Phi) is 5.92. The van der Waals surface area contributed by atoms with Crippen LogP contribution >= 0.6 is 0 Å². The Morgan fingerprint density at radius 2 is 1.45 bits per heavy atom. The number of ether oxygens (including phenoxy) is 2. The van der Waals surface area contributed by atoms with E-state index in [1.54, 1.807) is 19.2 Å². The molecule has 0 unspecified atom stereocenters. The summed E-state index contributed by atoms with van der Waals surface area (Å²) in [6.45, 7) is 0. The molecule has 0 saturated heterocycles. The number of benzene rings is 3. The highest BCUT2D eigenvalue weighted by atomic mass is 19.4. The minimum absolute atomic E-state index is 0.318. The van der Waals surface area contributed by atoms with E-state index in [0.717, 1.165) is 29.0 Å². The maximum Gasteiger partial charge on any atom is 0.573 e. The van der Waals surface area contributed by atoms with Gasteiger partial charge in [-0.15, -0.1) is 13.2 Å².